The molecule has 12 heteroatoms. The van der Waals surface area contributed by atoms with Gasteiger partial charge in [-0.2, -0.15) is 10.2 Å². The highest BCUT2D eigenvalue weighted by Gasteiger charge is 2.31. The molecule has 3 aliphatic rings. The lowest BCUT2D eigenvalue weighted by atomic mass is 9.96. The number of hydrogen-bond donors (Lipinski definition) is 2. The summed E-state index contributed by atoms with van der Waals surface area (Å²) in [5, 5.41) is 15.4. The fourth-order valence-corrected chi connectivity index (χ4v) is 5.68. The van der Waals surface area contributed by atoms with Gasteiger partial charge in [-0.05, 0) is 31.0 Å². The molecule has 4 bridgehead atoms. The number of nitrogens with one attached hydrogen (secondary N) is 2. The summed E-state index contributed by atoms with van der Waals surface area (Å²) in [5.41, 5.74) is 3.44. The molecule has 3 aliphatic heterocycles. The van der Waals surface area contributed by atoms with Crippen LogP contribution in [0.3, 0.4) is 0 Å². The molecule has 2 atom stereocenters. The predicted molar refractivity (Wildman–Crippen MR) is 155 cm³/mol. The Morgan fingerprint density at radius 1 is 1.21 bits per heavy atom. The van der Waals surface area contributed by atoms with Crippen LogP contribution in [0.15, 0.2) is 45.4 Å². The number of rotatable bonds is 3. The summed E-state index contributed by atoms with van der Waals surface area (Å²) < 4.78 is 32.6. The van der Waals surface area contributed by atoms with E-state index in [0.717, 1.165) is 6.07 Å². The predicted octanol–water partition coefficient (Wildman–Crippen LogP) is 3.64. The second-order valence-electron chi connectivity index (χ2n) is 10.9. The number of benzene rings is 1. The molecule has 3 aromatic rings. The molecule has 2 aromatic heterocycles. The number of carbonyl (C=O) groups excluding carboxylic acids is 1. The molecule has 0 spiro atoms. The maximum absolute atomic E-state index is 16.0. The lowest BCUT2D eigenvalue weighted by Crippen LogP contribution is -2.51. The smallest absolute Gasteiger partial charge is 0.353 e. The van der Waals surface area contributed by atoms with Crippen molar-refractivity contribution in [1.82, 2.24) is 19.9 Å². The van der Waals surface area contributed by atoms with Gasteiger partial charge in [0.15, 0.2) is 11.5 Å². The van der Waals surface area contributed by atoms with Crippen molar-refractivity contribution >= 4 is 39.9 Å². The van der Waals surface area contributed by atoms with E-state index in [1.165, 1.54) is 22.8 Å². The van der Waals surface area contributed by atoms with E-state index in [2.05, 4.69) is 32.4 Å². The Bertz CT molecular complexity index is 1850. The van der Waals surface area contributed by atoms with E-state index in [-0.39, 0.29) is 64.3 Å². The molecule has 5 heterocycles. The Labute approximate surface area is 240 Å². The first-order valence-electron chi connectivity index (χ1n) is 13.8. The number of aliphatic imine (C=N–C) groups is 1. The van der Waals surface area contributed by atoms with Crippen LogP contribution < -0.4 is 21.2 Å². The molecular formula is C30H28F2N8O2. The molecule has 1 amide bonds. The van der Waals surface area contributed by atoms with Crippen molar-refractivity contribution in [2.45, 2.75) is 45.7 Å². The lowest BCUT2D eigenvalue weighted by Gasteiger charge is -2.34. The van der Waals surface area contributed by atoms with Crippen molar-refractivity contribution < 1.29 is 13.6 Å². The standard InChI is InChI=1S/C30H28F2N8O2/c1-15(2)26-23-11-17(16(3)35-26)12-24(41)36-22-6-4-5-20(31)25(22)27-21(32)13-19-28(38-30(42)40(23)29(19)37-27)39-10-9-34-18(14-39)7-8-33/h4-6,13,15-16,18,34H,7,9-10,12,14H2,1-3H3,(H,36,41)/t16?,18-/m0/s1. The largest absolute Gasteiger partial charge is 0.356 e. The first-order valence-corrected chi connectivity index (χ1v) is 13.8. The topological polar surface area (TPSA) is 128 Å². The lowest BCUT2D eigenvalue weighted by molar-refractivity contribution is -0.115. The summed E-state index contributed by atoms with van der Waals surface area (Å²) in [7, 11) is 0. The van der Waals surface area contributed by atoms with Crippen LogP contribution in [0.4, 0.5) is 20.3 Å². The molecule has 1 fully saturated rings. The van der Waals surface area contributed by atoms with Crippen LogP contribution in [-0.2, 0) is 4.79 Å². The number of nitriles is 1. The molecule has 214 valence electrons. The summed E-state index contributed by atoms with van der Waals surface area (Å²) in [6.45, 7) is 7.04. The van der Waals surface area contributed by atoms with Gasteiger partial charge in [0.05, 0.1) is 47.3 Å². The molecule has 6 rings (SSSR count). The van der Waals surface area contributed by atoms with Crippen LogP contribution in [0.5, 0.6) is 0 Å². The second-order valence-corrected chi connectivity index (χ2v) is 10.9. The quantitative estimate of drug-likeness (QED) is 0.460. The molecule has 2 N–H and O–H groups in total. The minimum atomic E-state index is -0.850. The van der Waals surface area contributed by atoms with Gasteiger partial charge in [0.25, 0.3) is 0 Å². The Morgan fingerprint density at radius 2 is 2.02 bits per heavy atom. The molecule has 0 saturated carbocycles. The molecule has 42 heavy (non-hydrogen) atoms. The van der Waals surface area contributed by atoms with E-state index in [1.54, 1.807) is 0 Å². The van der Waals surface area contributed by atoms with Gasteiger partial charge in [0.2, 0.25) is 5.91 Å². The fourth-order valence-electron chi connectivity index (χ4n) is 5.68. The zero-order valence-electron chi connectivity index (χ0n) is 23.3. The van der Waals surface area contributed by atoms with Crippen LogP contribution in [-0.4, -0.2) is 57.9 Å². The SMILES string of the molecule is CC(C)C1=NC(C)C2=C=C1n1c(=O)nc(N3CCN[C@@H](CC#N)C3)c3cc(F)c(nc31)-c1c(F)cccc1NC(=O)C2. The monoisotopic (exact) mass is 570 g/mol. The highest BCUT2D eigenvalue weighted by molar-refractivity contribution is 6.21. The van der Waals surface area contributed by atoms with E-state index < -0.39 is 29.3 Å². The van der Waals surface area contributed by atoms with Crippen molar-refractivity contribution in [3.63, 3.8) is 0 Å². The molecular weight excluding hydrogens is 542 g/mol. The molecule has 1 unspecified atom stereocenters. The molecule has 0 radical (unpaired) electrons. The van der Waals surface area contributed by atoms with E-state index in [0.29, 0.717) is 30.9 Å². The van der Waals surface area contributed by atoms with Crippen molar-refractivity contribution in [3.8, 4) is 17.3 Å². The molecule has 1 saturated heterocycles. The molecule has 1 aromatic carbocycles. The number of amides is 1. The highest BCUT2D eigenvalue weighted by atomic mass is 19.1. The third kappa shape index (κ3) is 4.66. The molecule has 0 aliphatic carbocycles. The van der Waals surface area contributed by atoms with Gasteiger partial charge in [0, 0.05) is 31.2 Å². The van der Waals surface area contributed by atoms with Crippen molar-refractivity contribution in [1.29, 1.82) is 5.26 Å². The van der Waals surface area contributed by atoms with Crippen molar-refractivity contribution in [2.24, 2.45) is 10.9 Å². The first-order chi connectivity index (χ1) is 20.2. The summed E-state index contributed by atoms with van der Waals surface area (Å²) in [5.74, 6) is -2.01. The van der Waals surface area contributed by atoms with E-state index >= 15 is 8.78 Å². The fraction of sp³-hybridized carbons (Fsp3) is 0.367. The first kappa shape index (κ1) is 27.4. The van der Waals surface area contributed by atoms with Gasteiger partial charge in [-0.1, -0.05) is 25.6 Å². The third-order valence-corrected chi connectivity index (χ3v) is 7.70. The number of carbonyl (C=O) groups is 1. The number of halogens is 2. The maximum atomic E-state index is 16.0. The number of hydrogen-bond acceptors (Lipinski definition) is 8. The van der Waals surface area contributed by atoms with E-state index in [4.69, 9.17) is 4.99 Å². The van der Waals surface area contributed by atoms with Gasteiger partial charge in [-0.15, -0.1) is 0 Å². The number of fused-ring (bicyclic) bond motifs is 4. The van der Waals surface area contributed by atoms with Crippen LogP contribution >= 0.6 is 0 Å². The third-order valence-electron chi connectivity index (χ3n) is 7.70. The maximum Gasteiger partial charge on any atom is 0.356 e. The van der Waals surface area contributed by atoms with E-state index in [1.807, 2.05) is 25.7 Å². The van der Waals surface area contributed by atoms with Crippen LogP contribution in [0, 0.1) is 28.9 Å². The normalized spacial score (nSPS) is 20.2. The van der Waals surface area contributed by atoms with Crippen LogP contribution in [0.25, 0.3) is 28.0 Å². The number of nitrogens with zero attached hydrogens (tertiary/aromatic N) is 6. The van der Waals surface area contributed by atoms with Gasteiger partial charge < -0.3 is 15.5 Å². The minimum Gasteiger partial charge on any atom is -0.353 e. The summed E-state index contributed by atoms with van der Waals surface area (Å²) in [6, 6.07) is 6.83. The number of anilines is 2. The minimum absolute atomic E-state index is 0.0515. The second kappa shape index (κ2) is 10.6. The number of piperazine rings is 1. The zero-order chi connectivity index (χ0) is 29.7. The van der Waals surface area contributed by atoms with Crippen molar-refractivity contribution in [2.75, 3.05) is 29.9 Å². The average Bonchev–Trinajstić information content (AvgIpc) is 2.94. The van der Waals surface area contributed by atoms with Crippen LogP contribution in [0.2, 0.25) is 0 Å². The molecule has 10 nitrogen and oxygen atoms in total. The Hall–Kier alpha value is -4.72. The van der Waals surface area contributed by atoms with E-state index in [9.17, 15) is 14.9 Å². The Balaban J connectivity index is 1.72. The summed E-state index contributed by atoms with van der Waals surface area (Å²) >= 11 is 0. The van der Waals surface area contributed by atoms with Gasteiger partial charge in [0.1, 0.15) is 23.0 Å². The van der Waals surface area contributed by atoms with Crippen molar-refractivity contribution in [3.05, 3.63) is 57.7 Å². The van der Waals surface area contributed by atoms with Gasteiger partial charge in [-0.3, -0.25) is 9.79 Å². The zero-order valence-corrected chi connectivity index (χ0v) is 23.3. The van der Waals surface area contributed by atoms with Crippen LogP contribution in [0.1, 0.15) is 33.6 Å². The summed E-state index contributed by atoms with van der Waals surface area (Å²) in [4.78, 5) is 42.7. The Morgan fingerprint density at radius 3 is 2.79 bits per heavy atom. The summed E-state index contributed by atoms with van der Waals surface area (Å²) in [6.07, 6.45) is 0.126. The highest BCUT2D eigenvalue weighted by Crippen LogP contribution is 2.36. The van der Waals surface area contributed by atoms with Gasteiger partial charge >= 0.3 is 5.69 Å². The van der Waals surface area contributed by atoms with Gasteiger partial charge in [-0.25, -0.2) is 23.1 Å². The average molecular weight is 571 g/mol. The Kier molecular flexibility index (Phi) is 6.93. The number of aromatic nitrogens is 3. The number of pyridine rings is 1.